The van der Waals surface area contributed by atoms with Gasteiger partial charge in [-0.05, 0) is 67.2 Å². The van der Waals surface area contributed by atoms with Crippen LogP contribution in [0.15, 0.2) is 0 Å². The SMILES string of the molecule is COC(=O)[C@@H](C)NC(=O)[C@H]1OCCC[C@@H]1NC(=O)[C@@H](C)NC(=O)[C@H]1OCCC[C@@H]1NC(=O)[C@@H](C)NC(=O)OC(C)(C)C. The van der Waals surface area contributed by atoms with Crippen LogP contribution in [-0.2, 0) is 42.9 Å². The van der Waals surface area contributed by atoms with Gasteiger partial charge in [0, 0.05) is 13.2 Å². The Kier molecular flexibility index (Phi) is 13.0. The molecule has 5 N–H and O–H groups in total. The van der Waals surface area contributed by atoms with Crippen LogP contribution in [0.5, 0.6) is 0 Å². The fourth-order valence-corrected chi connectivity index (χ4v) is 4.43. The van der Waals surface area contributed by atoms with Crippen LogP contribution in [0.1, 0.15) is 67.2 Å². The van der Waals surface area contributed by atoms with Crippen LogP contribution in [0.25, 0.3) is 0 Å². The minimum atomic E-state index is -1.07. The minimum Gasteiger partial charge on any atom is -0.467 e. The Morgan fingerprint density at radius 1 is 0.714 bits per heavy atom. The zero-order valence-electron chi connectivity index (χ0n) is 25.4. The second-order valence-electron chi connectivity index (χ2n) is 11.4. The second kappa shape index (κ2) is 15.7. The number of esters is 1. The molecule has 2 rings (SSSR count). The molecule has 0 aromatic rings. The lowest BCUT2D eigenvalue weighted by Gasteiger charge is -2.34. The van der Waals surface area contributed by atoms with Gasteiger partial charge in [-0.15, -0.1) is 0 Å². The van der Waals surface area contributed by atoms with E-state index < -0.39 is 83.7 Å². The maximum absolute atomic E-state index is 13.1. The van der Waals surface area contributed by atoms with Crippen LogP contribution in [-0.4, -0.2) is 104 Å². The molecule has 2 saturated heterocycles. The molecule has 15 nitrogen and oxygen atoms in total. The predicted octanol–water partition coefficient (Wildman–Crippen LogP) is -0.590. The fourth-order valence-electron chi connectivity index (χ4n) is 4.43. The molecule has 0 saturated carbocycles. The summed E-state index contributed by atoms with van der Waals surface area (Å²) in [6.45, 7) is 10.1. The van der Waals surface area contributed by atoms with Gasteiger partial charge in [0.25, 0.3) is 11.8 Å². The number of hydrogen-bond donors (Lipinski definition) is 5. The van der Waals surface area contributed by atoms with Crippen molar-refractivity contribution in [2.24, 2.45) is 0 Å². The Bertz CT molecular complexity index is 1000. The molecule has 0 aliphatic carbocycles. The summed E-state index contributed by atoms with van der Waals surface area (Å²) in [7, 11) is 1.21. The smallest absolute Gasteiger partial charge is 0.408 e. The number of rotatable bonds is 10. The Morgan fingerprint density at radius 3 is 1.57 bits per heavy atom. The first-order chi connectivity index (χ1) is 19.6. The molecular formula is C27H45N5O10. The molecule has 2 aliphatic heterocycles. The van der Waals surface area contributed by atoms with Crippen molar-refractivity contribution in [3.05, 3.63) is 0 Å². The molecule has 0 radical (unpaired) electrons. The molecular weight excluding hydrogens is 554 g/mol. The van der Waals surface area contributed by atoms with Gasteiger partial charge in [-0.3, -0.25) is 19.2 Å². The average Bonchev–Trinajstić information content (AvgIpc) is 2.91. The first-order valence-corrected chi connectivity index (χ1v) is 14.1. The van der Waals surface area contributed by atoms with Crippen molar-refractivity contribution in [1.29, 1.82) is 0 Å². The van der Waals surface area contributed by atoms with Crippen LogP contribution >= 0.6 is 0 Å². The molecule has 2 fully saturated rings. The van der Waals surface area contributed by atoms with E-state index in [1.807, 2.05) is 0 Å². The molecule has 0 unspecified atom stereocenters. The Labute approximate surface area is 245 Å². The molecule has 7 atom stereocenters. The zero-order valence-corrected chi connectivity index (χ0v) is 25.4. The third-order valence-corrected chi connectivity index (χ3v) is 6.61. The van der Waals surface area contributed by atoms with Gasteiger partial charge >= 0.3 is 12.1 Å². The first-order valence-electron chi connectivity index (χ1n) is 14.1. The maximum atomic E-state index is 13.1. The van der Waals surface area contributed by atoms with Gasteiger partial charge in [0.1, 0.15) is 23.7 Å². The summed E-state index contributed by atoms with van der Waals surface area (Å²) in [4.78, 5) is 75.2. The summed E-state index contributed by atoms with van der Waals surface area (Å²) >= 11 is 0. The predicted molar refractivity (Wildman–Crippen MR) is 148 cm³/mol. The lowest BCUT2D eigenvalue weighted by molar-refractivity contribution is -0.148. The lowest BCUT2D eigenvalue weighted by atomic mass is 10.00. The first kappa shape index (κ1) is 34.7. The van der Waals surface area contributed by atoms with E-state index in [9.17, 15) is 28.8 Å². The van der Waals surface area contributed by atoms with Gasteiger partial charge < -0.3 is 45.5 Å². The van der Waals surface area contributed by atoms with Crippen molar-refractivity contribution in [1.82, 2.24) is 26.6 Å². The number of carbonyl (C=O) groups excluding carboxylic acids is 6. The molecule has 5 amide bonds. The van der Waals surface area contributed by atoms with Gasteiger partial charge in [0.2, 0.25) is 11.8 Å². The van der Waals surface area contributed by atoms with Crippen molar-refractivity contribution in [2.45, 2.75) is 115 Å². The van der Waals surface area contributed by atoms with Crippen LogP contribution in [0, 0.1) is 0 Å². The molecule has 0 aromatic carbocycles. The molecule has 0 bridgehead atoms. The standard InChI is InChI=1S/C27H45N5O10/c1-14(21(33)31-18-11-9-13-41-20(18)24(36)29-16(3)25(37)39-7)28-23(35)19-17(10-8-12-40-19)32-22(34)15(2)30-26(38)42-27(4,5)6/h14-20H,8-13H2,1-7H3,(H,28,35)(H,29,36)(H,30,38)(H,31,33)(H,32,34)/t14-,15-,16-,17+,18+,19+,20+/m1/s1. The van der Waals surface area contributed by atoms with Gasteiger partial charge in [-0.2, -0.15) is 0 Å². The third-order valence-electron chi connectivity index (χ3n) is 6.61. The summed E-state index contributed by atoms with van der Waals surface area (Å²) in [6.07, 6.45) is -0.756. The number of nitrogens with one attached hydrogen (secondary N) is 5. The normalized spacial score (nSPS) is 24.5. The van der Waals surface area contributed by atoms with E-state index in [0.29, 0.717) is 32.3 Å². The van der Waals surface area contributed by atoms with E-state index in [4.69, 9.17) is 14.2 Å². The van der Waals surface area contributed by atoms with Crippen LogP contribution in [0.4, 0.5) is 4.79 Å². The Hall–Kier alpha value is -3.46. The quantitative estimate of drug-likeness (QED) is 0.202. The summed E-state index contributed by atoms with van der Waals surface area (Å²) in [5.74, 6) is -2.87. The number of amides is 5. The highest BCUT2D eigenvalue weighted by Gasteiger charge is 2.38. The van der Waals surface area contributed by atoms with Crippen molar-refractivity contribution in [3.8, 4) is 0 Å². The summed E-state index contributed by atoms with van der Waals surface area (Å²) in [6, 6.07) is -4.23. The zero-order chi connectivity index (χ0) is 31.6. The largest absolute Gasteiger partial charge is 0.467 e. The van der Waals surface area contributed by atoms with E-state index in [-0.39, 0.29) is 6.61 Å². The van der Waals surface area contributed by atoms with E-state index in [0.717, 1.165) is 0 Å². The lowest BCUT2D eigenvalue weighted by Crippen LogP contribution is -2.61. The number of hydrogen-bond acceptors (Lipinski definition) is 10. The highest BCUT2D eigenvalue weighted by atomic mass is 16.6. The number of ether oxygens (including phenoxy) is 4. The molecule has 0 aromatic heterocycles. The summed E-state index contributed by atoms with van der Waals surface area (Å²) < 4.78 is 21.0. The molecule has 0 spiro atoms. The van der Waals surface area contributed by atoms with E-state index in [1.54, 1.807) is 20.8 Å². The van der Waals surface area contributed by atoms with Crippen LogP contribution in [0.3, 0.4) is 0 Å². The molecule has 238 valence electrons. The Morgan fingerprint density at radius 2 is 1.14 bits per heavy atom. The van der Waals surface area contributed by atoms with E-state index in [1.165, 1.54) is 27.9 Å². The van der Waals surface area contributed by atoms with Gasteiger partial charge in [-0.25, -0.2) is 9.59 Å². The number of methoxy groups -OCH3 is 1. The van der Waals surface area contributed by atoms with Gasteiger partial charge in [-0.1, -0.05) is 0 Å². The summed E-state index contributed by atoms with van der Waals surface area (Å²) in [5.41, 5.74) is -0.732. The van der Waals surface area contributed by atoms with Crippen LogP contribution in [0.2, 0.25) is 0 Å². The van der Waals surface area contributed by atoms with Crippen LogP contribution < -0.4 is 26.6 Å². The molecule has 2 aliphatic rings. The number of alkyl carbamates (subject to hydrolysis) is 1. The molecule has 42 heavy (non-hydrogen) atoms. The van der Waals surface area contributed by atoms with Crippen molar-refractivity contribution < 1.29 is 47.7 Å². The van der Waals surface area contributed by atoms with Crippen molar-refractivity contribution in [3.63, 3.8) is 0 Å². The highest BCUT2D eigenvalue weighted by molar-refractivity contribution is 5.92. The maximum Gasteiger partial charge on any atom is 0.408 e. The fraction of sp³-hybridized carbons (Fsp3) is 0.778. The molecule has 2 heterocycles. The van der Waals surface area contributed by atoms with Gasteiger partial charge in [0.05, 0.1) is 19.2 Å². The number of carbonyl (C=O) groups is 6. The van der Waals surface area contributed by atoms with E-state index >= 15 is 0 Å². The van der Waals surface area contributed by atoms with Crippen molar-refractivity contribution >= 4 is 35.7 Å². The molecule has 15 heteroatoms. The average molecular weight is 600 g/mol. The van der Waals surface area contributed by atoms with Crippen molar-refractivity contribution in [2.75, 3.05) is 20.3 Å². The second-order valence-corrected chi connectivity index (χ2v) is 11.4. The van der Waals surface area contributed by atoms with Gasteiger partial charge in [0.15, 0.2) is 12.2 Å². The topological polar surface area (TPSA) is 199 Å². The minimum absolute atomic E-state index is 0.289. The Balaban J connectivity index is 1.94. The third kappa shape index (κ3) is 10.7. The summed E-state index contributed by atoms with van der Waals surface area (Å²) in [5, 5.41) is 13.1. The highest BCUT2D eigenvalue weighted by Crippen LogP contribution is 2.17. The van der Waals surface area contributed by atoms with E-state index in [2.05, 4.69) is 31.3 Å². The monoisotopic (exact) mass is 599 g/mol.